The van der Waals surface area contributed by atoms with Crippen LogP contribution >= 0.6 is 34.3 Å². The topological polar surface area (TPSA) is 88.4 Å². The van der Waals surface area contributed by atoms with Gasteiger partial charge in [0.25, 0.3) is 5.91 Å². The molecular formula is C20H22ClN5O3S3. The highest BCUT2D eigenvalue weighted by Crippen LogP contribution is 2.45. The Labute approximate surface area is 199 Å². The van der Waals surface area contributed by atoms with Crippen molar-refractivity contribution in [2.24, 2.45) is 0 Å². The Kier molecular flexibility index (Phi) is 5.65. The van der Waals surface area contributed by atoms with Crippen LogP contribution in [0.4, 0.5) is 10.8 Å². The standard InChI is InChI=1S/C20H22ClN5O3S3/c1-24(19-6-5-17(21)31-19)18-9-15(23-25(18)20(27)16-10-30-11-22-16)12-7-13-3-4-14(8-12)26(13)32(2,28)29/h5-6,9-14H,3-4,7-8H2,1-2H3. The number of hydrogen-bond acceptors (Lipinski definition) is 8. The molecule has 0 saturated carbocycles. The van der Waals surface area contributed by atoms with Crippen molar-refractivity contribution in [3.63, 3.8) is 0 Å². The van der Waals surface area contributed by atoms with Gasteiger partial charge in [0.1, 0.15) is 11.5 Å². The van der Waals surface area contributed by atoms with Gasteiger partial charge in [-0.3, -0.25) is 4.79 Å². The Hall–Kier alpha value is -1.79. The number of rotatable bonds is 5. The van der Waals surface area contributed by atoms with Crippen molar-refractivity contribution in [2.75, 3.05) is 18.2 Å². The van der Waals surface area contributed by atoms with E-state index in [2.05, 4.69) is 4.98 Å². The van der Waals surface area contributed by atoms with Gasteiger partial charge in [-0.25, -0.2) is 13.4 Å². The first-order chi connectivity index (χ1) is 15.2. The highest BCUT2D eigenvalue weighted by molar-refractivity contribution is 7.88. The van der Waals surface area contributed by atoms with Crippen LogP contribution in [0.25, 0.3) is 0 Å². The van der Waals surface area contributed by atoms with Crippen LogP contribution in [0.15, 0.2) is 29.1 Å². The van der Waals surface area contributed by atoms with E-state index in [4.69, 9.17) is 16.7 Å². The molecule has 2 fully saturated rings. The van der Waals surface area contributed by atoms with Crippen LogP contribution < -0.4 is 4.90 Å². The fourth-order valence-corrected chi connectivity index (χ4v) is 7.91. The van der Waals surface area contributed by atoms with E-state index in [0.29, 0.717) is 28.7 Å². The summed E-state index contributed by atoms with van der Waals surface area (Å²) < 4.78 is 28.3. The molecule has 2 aliphatic heterocycles. The molecule has 2 unspecified atom stereocenters. The minimum absolute atomic E-state index is 0.00887. The second kappa shape index (κ2) is 8.21. The predicted molar refractivity (Wildman–Crippen MR) is 127 cm³/mol. The summed E-state index contributed by atoms with van der Waals surface area (Å²) >= 11 is 8.91. The highest BCUT2D eigenvalue weighted by Gasteiger charge is 2.46. The van der Waals surface area contributed by atoms with E-state index in [9.17, 15) is 13.2 Å². The molecule has 32 heavy (non-hydrogen) atoms. The average Bonchev–Trinajstić information content (AvgIpc) is 3.52. The summed E-state index contributed by atoms with van der Waals surface area (Å²) in [7, 11) is -1.35. The van der Waals surface area contributed by atoms with Crippen LogP contribution in [0, 0.1) is 0 Å². The lowest BCUT2D eigenvalue weighted by molar-refractivity contribution is 0.0941. The van der Waals surface area contributed by atoms with Crippen molar-refractivity contribution in [3.8, 4) is 0 Å². The second-order valence-electron chi connectivity index (χ2n) is 8.30. The maximum atomic E-state index is 13.2. The van der Waals surface area contributed by atoms with Crippen molar-refractivity contribution >= 4 is 61.0 Å². The molecule has 2 saturated heterocycles. The third kappa shape index (κ3) is 3.90. The number of aromatic nitrogens is 3. The quantitative estimate of drug-likeness (QED) is 0.510. The maximum absolute atomic E-state index is 13.2. The van der Waals surface area contributed by atoms with E-state index >= 15 is 0 Å². The Morgan fingerprint density at radius 2 is 1.97 bits per heavy atom. The van der Waals surface area contributed by atoms with Crippen LogP contribution in [0.2, 0.25) is 4.34 Å². The summed E-state index contributed by atoms with van der Waals surface area (Å²) in [6, 6.07) is 5.65. The Bertz CT molecular complexity index is 1240. The summed E-state index contributed by atoms with van der Waals surface area (Å²) in [5.41, 5.74) is 2.78. The Morgan fingerprint density at radius 1 is 1.25 bits per heavy atom. The second-order valence-corrected chi connectivity index (χ2v) is 12.6. The number of thiophene rings is 1. The molecule has 0 aliphatic carbocycles. The van der Waals surface area contributed by atoms with Gasteiger partial charge in [-0.15, -0.1) is 22.7 Å². The summed E-state index contributed by atoms with van der Waals surface area (Å²) in [4.78, 5) is 19.3. The van der Waals surface area contributed by atoms with Gasteiger partial charge in [0.2, 0.25) is 10.0 Å². The van der Waals surface area contributed by atoms with Crippen molar-refractivity contribution in [1.29, 1.82) is 0 Å². The van der Waals surface area contributed by atoms with Gasteiger partial charge in [0, 0.05) is 36.5 Å². The molecular weight excluding hydrogens is 490 g/mol. The Balaban J connectivity index is 1.51. The first-order valence-electron chi connectivity index (χ1n) is 10.2. The number of halogens is 1. The van der Waals surface area contributed by atoms with E-state index in [1.54, 1.807) is 15.2 Å². The first-order valence-corrected chi connectivity index (χ1v) is 14.2. The SMILES string of the molecule is CN(c1ccc(Cl)s1)c1cc(C2CC3CCC(C2)N3S(C)(=O)=O)nn1C(=O)c1cscn1. The van der Waals surface area contributed by atoms with Gasteiger partial charge in [-0.05, 0) is 37.8 Å². The monoisotopic (exact) mass is 511 g/mol. The number of sulfonamides is 1. The number of hydrogen-bond donors (Lipinski definition) is 0. The zero-order valence-electron chi connectivity index (χ0n) is 17.5. The number of fused-ring (bicyclic) bond motifs is 2. The fourth-order valence-electron chi connectivity index (χ4n) is 4.92. The molecule has 0 spiro atoms. The molecule has 2 aliphatic rings. The van der Waals surface area contributed by atoms with Crippen LogP contribution in [0.3, 0.4) is 0 Å². The number of carbonyl (C=O) groups is 1. The van der Waals surface area contributed by atoms with Crippen LogP contribution in [0.5, 0.6) is 0 Å². The lowest BCUT2D eigenvalue weighted by Gasteiger charge is -2.36. The van der Waals surface area contributed by atoms with E-state index in [0.717, 1.165) is 23.5 Å². The van der Waals surface area contributed by atoms with Crippen molar-refractivity contribution in [2.45, 2.75) is 43.7 Å². The zero-order chi connectivity index (χ0) is 22.6. The molecule has 0 aromatic carbocycles. The van der Waals surface area contributed by atoms with Gasteiger partial charge in [-0.1, -0.05) is 11.6 Å². The lowest BCUT2D eigenvalue weighted by Crippen LogP contribution is -2.45. The molecule has 0 radical (unpaired) electrons. The third-order valence-corrected chi connectivity index (χ3v) is 9.51. The molecule has 0 amide bonds. The third-order valence-electron chi connectivity index (χ3n) is 6.25. The maximum Gasteiger partial charge on any atom is 0.299 e. The van der Waals surface area contributed by atoms with Crippen LogP contribution in [0.1, 0.15) is 47.8 Å². The first kappa shape index (κ1) is 22.0. The molecule has 2 atom stereocenters. The minimum Gasteiger partial charge on any atom is -0.321 e. The van der Waals surface area contributed by atoms with Crippen molar-refractivity contribution in [3.05, 3.63) is 44.8 Å². The number of carbonyl (C=O) groups excluding carboxylic acids is 1. The summed E-state index contributed by atoms with van der Waals surface area (Å²) in [5.74, 6) is 0.432. The predicted octanol–water partition coefficient (Wildman–Crippen LogP) is 4.18. The smallest absolute Gasteiger partial charge is 0.299 e. The lowest BCUT2D eigenvalue weighted by atomic mass is 9.90. The molecule has 170 valence electrons. The molecule has 5 heterocycles. The van der Waals surface area contributed by atoms with Gasteiger partial charge in [0.15, 0.2) is 0 Å². The molecule has 0 N–H and O–H groups in total. The highest BCUT2D eigenvalue weighted by atomic mass is 35.5. The van der Waals surface area contributed by atoms with Gasteiger partial charge in [0.05, 0.1) is 26.8 Å². The van der Waals surface area contributed by atoms with Crippen molar-refractivity contribution < 1.29 is 13.2 Å². The number of piperidine rings is 1. The average molecular weight is 512 g/mol. The molecule has 2 bridgehead atoms. The van der Waals surface area contributed by atoms with Crippen LogP contribution in [-0.4, -0.2) is 58.8 Å². The minimum atomic E-state index is -3.23. The van der Waals surface area contributed by atoms with Gasteiger partial charge in [-0.2, -0.15) is 14.1 Å². The summed E-state index contributed by atoms with van der Waals surface area (Å²) in [6.45, 7) is 0. The summed E-state index contributed by atoms with van der Waals surface area (Å²) in [5, 5.41) is 7.32. The van der Waals surface area contributed by atoms with Gasteiger partial charge >= 0.3 is 0 Å². The van der Waals surface area contributed by atoms with E-state index in [-0.39, 0.29) is 23.9 Å². The molecule has 12 heteroatoms. The molecule has 3 aromatic rings. The zero-order valence-corrected chi connectivity index (χ0v) is 20.7. The molecule has 8 nitrogen and oxygen atoms in total. The number of anilines is 2. The number of thiazole rings is 1. The molecule has 3 aromatic heterocycles. The fraction of sp³-hybridized carbons (Fsp3) is 0.450. The Morgan fingerprint density at radius 3 is 2.53 bits per heavy atom. The van der Waals surface area contributed by atoms with Gasteiger partial charge < -0.3 is 4.90 Å². The largest absolute Gasteiger partial charge is 0.321 e. The number of nitrogens with zero attached hydrogens (tertiary/aromatic N) is 5. The van der Waals surface area contributed by atoms with Crippen molar-refractivity contribution in [1.82, 2.24) is 19.1 Å². The van der Waals surface area contributed by atoms with Crippen LogP contribution in [-0.2, 0) is 10.0 Å². The van der Waals surface area contributed by atoms with E-state index in [1.165, 1.54) is 33.6 Å². The van der Waals surface area contributed by atoms with E-state index in [1.807, 2.05) is 30.1 Å². The normalized spacial score (nSPS) is 23.5. The molecule has 5 rings (SSSR count). The van der Waals surface area contributed by atoms with E-state index < -0.39 is 10.0 Å². The summed E-state index contributed by atoms with van der Waals surface area (Å²) in [6.07, 6.45) is 4.44.